The second-order valence-electron chi connectivity index (χ2n) is 7.56. The van der Waals surface area contributed by atoms with Crippen molar-refractivity contribution in [1.82, 2.24) is 4.90 Å². The van der Waals surface area contributed by atoms with Crippen molar-refractivity contribution in [2.45, 2.75) is 31.8 Å². The van der Waals surface area contributed by atoms with E-state index in [1.54, 1.807) is 0 Å². The molecular weight excluding hydrogens is 322 g/mol. The Morgan fingerprint density at radius 1 is 1.15 bits per heavy atom. The van der Waals surface area contributed by atoms with E-state index >= 15 is 0 Å². The van der Waals surface area contributed by atoms with E-state index in [1.807, 2.05) is 18.2 Å². The number of fused-ring (bicyclic) bond motifs is 1. The summed E-state index contributed by atoms with van der Waals surface area (Å²) in [6, 6.07) is 18.6. The molecule has 1 saturated heterocycles. The summed E-state index contributed by atoms with van der Waals surface area (Å²) in [5.74, 6) is 0.618. The summed E-state index contributed by atoms with van der Waals surface area (Å²) in [4.78, 5) is 18.0. The van der Waals surface area contributed by atoms with Crippen LogP contribution in [0.5, 0.6) is 0 Å². The van der Waals surface area contributed by atoms with Gasteiger partial charge in [0.1, 0.15) is 6.04 Å². The number of hydrogen-bond donors (Lipinski definition) is 1. The minimum Gasteiger partial charge on any atom is -0.355 e. The lowest BCUT2D eigenvalue weighted by molar-refractivity contribution is -0.133. The summed E-state index contributed by atoms with van der Waals surface area (Å²) in [7, 11) is 0. The van der Waals surface area contributed by atoms with Crippen LogP contribution in [0.2, 0.25) is 0 Å². The molecule has 26 heavy (non-hydrogen) atoms. The number of rotatable bonds is 4. The van der Waals surface area contributed by atoms with Crippen molar-refractivity contribution >= 4 is 11.6 Å². The van der Waals surface area contributed by atoms with Gasteiger partial charge in [0.05, 0.1) is 0 Å². The topological polar surface area (TPSA) is 49.6 Å². The number of nitrogens with two attached hydrogens (primary N) is 1. The molecule has 4 heteroatoms. The number of para-hydroxylation sites is 1. The lowest BCUT2D eigenvalue weighted by atomic mass is 10.0. The van der Waals surface area contributed by atoms with Crippen LogP contribution in [0.1, 0.15) is 30.5 Å². The van der Waals surface area contributed by atoms with Gasteiger partial charge >= 0.3 is 0 Å². The summed E-state index contributed by atoms with van der Waals surface area (Å²) in [5, 5.41) is 0. The van der Waals surface area contributed by atoms with Gasteiger partial charge < -0.3 is 15.5 Å². The standard InChI is InChI=1S/C22H27N3O/c1-16-13-17(14-23)15-25(16)22(26)21(19-8-3-2-4-9-19)24-12-11-18-7-5-6-10-20(18)24/h2-10,16-17,21H,11-15,23H2,1H3. The van der Waals surface area contributed by atoms with E-state index in [2.05, 4.69) is 53.1 Å². The zero-order valence-electron chi connectivity index (χ0n) is 15.3. The minimum absolute atomic E-state index is 0.205. The summed E-state index contributed by atoms with van der Waals surface area (Å²) >= 11 is 0. The van der Waals surface area contributed by atoms with Crippen LogP contribution in [0.3, 0.4) is 0 Å². The van der Waals surface area contributed by atoms with E-state index in [-0.39, 0.29) is 18.0 Å². The van der Waals surface area contributed by atoms with Crippen molar-refractivity contribution in [2.24, 2.45) is 11.7 Å². The number of amides is 1. The number of hydrogen-bond acceptors (Lipinski definition) is 3. The Kier molecular flexibility index (Phi) is 4.68. The van der Waals surface area contributed by atoms with Gasteiger partial charge in [-0.05, 0) is 49.4 Å². The highest BCUT2D eigenvalue weighted by Crippen LogP contribution is 2.37. The molecule has 2 aliphatic rings. The number of likely N-dealkylation sites (tertiary alicyclic amines) is 1. The van der Waals surface area contributed by atoms with Crippen molar-refractivity contribution in [3.8, 4) is 0 Å². The SMILES string of the molecule is CC1CC(CN)CN1C(=O)C(c1ccccc1)N1CCc2ccccc21. The zero-order chi connectivity index (χ0) is 18.1. The quantitative estimate of drug-likeness (QED) is 0.923. The smallest absolute Gasteiger partial charge is 0.250 e. The Bertz CT molecular complexity index is 776. The molecule has 1 fully saturated rings. The third-order valence-corrected chi connectivity index (χ3v) is 5.86. The molecule has 0 saturated carbocycles. The summed E-state index contributed by atoms with van der Waals surface area (Å²) in [6.45, 7) is 4.45. The number of carbonyl (C=O) groups is 1. The maximum Gasteiger partial charge on any atom is 0.250 e. The van der Waals surface area contributed by atoms with Crippen LogP contribution >= 0.6 is 0 Å². The van der Waals surface area contributed by atoms with Crippen LogP contribution in [-0.2, 0) is 11.2 Å². The maximum atomic E-state index is 13.7. The van der Waals surface area contributed by atoms with Gasteiger partial charge in [0, 0.05) is 24.8 Å². The lowest BCUT2D eigenvalue weighted by Crippen LogP contribution is -2.44. The monoisotopic (exact) mass is 349 g/mol. The van der Waals surface area contributed by atoms with Crippen molar-refractivity contribution in [2.75, 3.05) is 24.5 Å². The zero-order valence-corrected chi connectivity index (χ0v) is 15.3. The number of carbonyl (C=O) groups excluding carboxylic acids is 1. The molecule has 2 aromatic carbocycles. The molecule has 2 aliphatic heterocycles. The molecule has 2 aromatic rings. The van der Waals surface area contributed by atoms with Crippen LogP contribution in [0.4, 0.5) is 5.69 Å². The first-order valence-corrected chi connectivity index (χ1v) is 9.59. The first kappa shape index (κ1) is 17.1. The van der Waals surface area contributed by atoms with Crippen molar-refractivity contribution in [3.05, 3.63) is 65.7 Å². The fourth-order valence-electron chi connectivity index (χ4n) is 4.50. The summed E-state index contributed by atoms with van der Waals surface area (Å²) in [5.41, 5.74) is 9.47. The molecule has 4 rings (SSSR count). The van der Waals surface area contributed by atoms with Crippen LogP contribution in [0.25, 0.3) is 0 Å². The predicted octanol–water partition coefficient (Wildman–Crippen LogP) is 2.99. The molecule has 0 aliphatic carbocycles. The first-order chi connectivity index (χ1) is 12.7. The average molecular weight is 349 g/mol. The summed E-state index contributed by atoms with van der Waals surface area (Å²) in [6.07, 6.45) is 1.99. The fourth-order valence-corrected chi connectivity index (χ4v) is 4.50. The van der Waals surface area contributed by atoms with Crippen LogP contribution in [0.15, 0.2) is 54.6 Å². The third kappa shape index (κ3) is 2.99. The number of benzene rings is 2. The molecule has 3 atom stereocenters. The highest BCUT2D eigenvalue weighted by Gasteiger charge is 2.39. The van der Waals surface area contributed by atoms with Crippen LogP contribution < -0.4 is 10.6 Å². The molecule has 4 nitrogen and oxygen atoms in total. The molecule has 0 spiro atoms. The second-order valence-corrected chi connectivity index (χ2v) is 7.56. The molecular formula is C22H27N3O. The Morgan fingerprint density at radius 3 is 2.62 bits per heavy atom. The minimum atomic E-state index is -0.265. The summed E-state index contributed by atoms with van der Waals surface area (Å²) < 4.78 is 0. The molecule has 2 N–H and O–H groups in total. The molecule has 0 bridgehead atoms. The van der Waals surface area contributed by atoms with Gasteiger partial charge in [-0.2, -0.15) is 0 Å². The number of nitrogens with zero attached hydrogens (tertiary/aromatic N) is 2. The van der Waals surface area contributed by atoms with Gasteiger partial charge in [0.25, 0.3) is 0 Å². The normalized spacial score (nSPS) is 23.2. The largest absolute Gasteiger partial charge is 0.355 e. The van der Waals surface area contributed by atoms with E-state index in [0.717, 1.165) is 31.5 Å². The van der Waals surface area contributed by atoms with Crippen LogP contribution in [-0.4, -0.2) is 36.5 Å². The highest BCUT2D eigenvalue weighted by molar-refractivity contribution is 5.88. The molecule has 1 amide bonds. The lowest BCUT2D eigenvalue weighted by Gasteiger charge is -2.34. The molecule has 0 radical (unpaired) electrons. The van der Waals surface area contributed by atoms with Crippen molar-refractivity contribution in [3.63, 3.8) is 0 Å². The average Bonchev–Trinajstić information content (AvgIpc) is 3.26. The van der Waals surface area contributed by atoms with E-state index in [9.17, 15) is 4.79 Å². The van der Waals surface area contributed by atoms with Gasteiger partial charge in [0.2, 0.25) is 5.91 Å². The van der Waals surface area contributed by atoms with Gasteiger partial charge in [0.15, 0.2) is 0 Å². The van der Waals surface area contributed by atoms with E-state index in [0.29, 0.717) is 12.5 Å². The van der Waals surface area contributed by atoms with Crippen molar-refractivity contribution < 1.29 is 4.79 Å². The highest BCUT2D eigenvalue weighted by atomic mass is 16.2. The van der Waals surface area contributed by atoms with Gasteiger partial charge in [-0.15, -0.1) is 0 Å². The van der Waals surface area contributed by atoms with E-state index < -0.39 is 0 Å². The molecule has 136 valence electrons. The van der Waals surface area contributed by atoms with E-state index in [1.165, 1.54) is 11.3 Å². The second kappa shape index (κ2) is 7.12. The molecule has 3 unspecified atom stereocenters. The molecule has 2 heterocycles. The van der Waals surface area contributed by atoms with Crippen molar-refractivity contribution in [1.29, 1.82) is 0 Å². The Hall–Kier alpha value is -2.33. The molecule has 0 aromatic heterocycles. The number of anilines is 1. The Labute approximate surface area is 155 Å². The van der Waals surface area contributed by atoms with Gasteiger partial charge in [-0.3, -0.25) is 4.79 Å². The van der Waals surface area contributed by atoms with Gasteiger partial charge in [-0.25, -0.2) is 0 Å². The predicted molar refractivity (Wildman–Crippen MR) is 105 cm³/mol. The van der Waals surface area contributed by atoms with Crippen LogP contribution in [0, 0.1) is 5.92 Å². The van der Waals surface area contributed by atoms with Gasteiger partial charge in [-0.1, -0.05) is 48.5 Å². The fraction of sp³-hybridized carbons (Fsp3) is 0.409. The third-order valence-electron chi connectivity index (χ3n) is 5.86. The Balaban J connectivity index is 1.70. The Morgan fingerprint density at radius 2 is 1.88 bits per heavy atom. The van der Waals surface area contributed by atoms with E-state index in [4.69, 9.17) is 5.73 Å². The first-order valence-electron chi connectivity index (χ1n) is 9.59. The maximum absolute atomic E-state index is 13.7.